The molecule has 7 rings (SSSR count). The highest BCUT2D eigenvalue weighted by molar-refractivity contribution is 9.10. The van der Waals surface area contributed by atoms with Crippen molar-refractivity contribution in [2.75, 3.05) is 0 Å². The van der Waals surface area contributed by atoms with Gasteiger partial charge in [0.2, 0.25) is 0 Å². The number of halogens is 1. The third kappa shape index (κ3) is 5.21. The van der Waals surface area contributed by atoms with Gasteiger partial charge in [0.25, 0.3) is 0 Å². The van der Waals surface area contributed by atoms with Crippen LogP contribution in [0, 0.1) is 0 Å². The van der Waals surface area contributed by atoms with Gasteiger partial charge in [-0.25, -0.2) is 0 Å². The molecule has 1 atom stereocenters. The van der Waals surface area contributed by atoms with E-state index in [0.717, 1.165) is 49.0 Å². The van der Waals surface area contributed by atoms with Crippen molar-refractivity contribution in [2.45, 2.75) is 5.60 Å². The molecule has 0 bridgehead atoms. The summed E-state index contributed by atoms with van der Waals surface area (Å²) in [7, 11) is 0. The molecule has 2 heteroatoms. The molecule has 1 nitrogen and oxygen atoms in total. The lowest BCUT2D eigenvalue weighted by molar-refractivity contribution is 0.126. The molecule has 0 aromatic heterocycles. The van der Waals surface area contributed by atoms with E-state index in [-0.39, 0.29) is 0 Å². The SMILES string of the molecule is OC(c1cccc(Br)c1)(c1cccc(-c2cccc(-c3ccc4ccccc4c3)c2)c1)c1ccccc1-c1ccccc1. The molecule has 0 amide bonds. The Morgan fingerprint density at radius 1 is 0.395 bits per heavy atom. The molecule has 0 aliphatic carbocycles. The summed E-state index contributed by atoms with van der Waals surface area (Å²) in [4.78, 5) is 0. The van der Waals surface area contributed by atoms with E-state index in [2.05, 4.69) is 113 Å². The predicted octanol–water partition coefficient (Wildman–Crippen LogP) is 10.9. The van der Waals surface area contributed by atoms with Crippen LogP contribution in [0.1, 0.15) is 16.7 Å². The Balaban J connectivity index is 1.38. The van der Waals surface area contributed by atoms with Gasteiger partial charge < -0.3 is 5.11 Å². The zero-order valence-electron chi connectivity index (χ0n) is 23.5. The zero-order chi connectivity index (χ0) is 29.2. The summed E-state index contributed by atoms with van der Waals surface area (Å²) in [6.45, 7) is 0. The van der Waals surface area contributed by atoms with Gasteiger partial charge in [0.15, 0.2) is 0 Å². The molecule has 0 heterocycles. The Hall–Kier alpha value is -4.76. The third-order valence-corrected chi connectivity index (χ3v) is 8.70. The fourth-order valence-electron chi connectivity index (χ4n) is 6.03. The maximum Gasteiger partial charge on any atom is 0.141 e. The second-order valence-electron chi connectivity index (χ2n) is 10.9. The zero-order valence-corrected chi connectivity index (χ0v) is 25.1. The Morgan fingerprint density at radius 3 is 1.72 bits per heavy atom. The highest BCUT2D eigenvalue weighted by atomic mass is 79.9. The molecule has 7 aromatic carbocycles. The van der Waals surface area contributed by atoms with Crippen LogP contribution in [-0.2, 0) is 5.60 Å². The van der Waals surface area contributed by atoms with E-state index in [1.807, 2.05) is 72.8 Å². The summed E-state index contributed by atoms with van der Waals surface area (Å²) in [6, 6.07) is 58.4. The second-order valence-corrected chi connectivity index (χ2v) is 11.8. The lowest BCUT2D eigenvalue weighted by Gasteiger charge is -2.32. The molecule has 206 valence electrons. The normalized spacial score (nSPS) is 12.6. The summed E-state index contributed by atoms with van der Waals surface area (Å²) in [6.07, 6.45) is 0. The van der Waals surface area contributed by atoms with Crippen molar-refractivity contribution >= 4 is 26.7 Å². The maximum absolute atomic E-state index is 13.0. The van der Waals surface area contributed by atoms with Crippen LogP contribution in [0.5, 0.6) is 0 Å². The molecule has 0 saturated heterocycles. The van der Waals surface area contributed by atoms with Crippen molar-refractivity contribution in [3.05, 3.63) is 191 Å². The molecule has 7 aromatic rings. The maximum atomic E-state index is 13.0. The predicted molar refractivity (Wildman–Crippen MR) is 183 cm³/mol. The van der Waals surface area contributed by atoms with Gasteiger partial charge >= 0.3 is 0 Å². The van der Waals surface area contributed by atoms with Gasteiger partial charge in [0, 0.05) is 10.0 Å². The van der Waals surface area contributed by atoms with E-state index in [9.17, 15) is 5.11 Å². The van der Waals surface area contributed by atoms with Crippen molar-refractivity contribution in [1.82, 2.24) is 0 Å². The smallest absolute Gasteiger partial charge is 0.141 e. The average Bonchev–Trinajstić information content (AvgIpc) is 3.08. The first kappa shape index (κ1) is 27.1. The van der Waals surface area contributed by atoms with Crippen LogP contribution >= 0.6 is 15.9 Å². The molecule has 0 fully saturated rings. The van der Waals surface area contributed by atoms with Gasteiger partial charge in [-0.05, 0) is 85.6 Å². The van der Waals surface area contributed by atoms with Crippen LogP contribution in [0.4, 0.5) is 0 Å². The largest absolute Gasteiger partial charge is 0.376 e. The standard InChI is InChI=1S/C41H29BrO/c42-38-20-10-19-37(28-38)41(43,40-22-7-6-21-39(40)30-12-2-1-3-13-30)36-18-9-17-34(27-36)32-15-8-16-33(26-32)35-24-23-29-11-4-5-14-31(29)25-35/h1-28,43H. The Kier molecular flexibility index (Phi) is 7.24. The van der Waals surface area contributed by atoms with Gasteiger partial charge in [0.05, 0.1) is 0 Å². The van der Waals surface area contributed by atoms with E-state index in [4.69, 9.17) is 0 Å². The van der Waals surface area contributed by atoms with Crippen LogP contribution in [0.3, 0.4) is 0 Å². The Morgan fingerprint density at radius 2 is 0.953 bits per heavy atom. The number of fused-ring (bicyclic) bond motifs is 1. The molecule has 0 spiro atoms. The lowest BCUT2D eigenvalue weighted by atomic mass is 9.76. The van der Waals surface area contributed by atoms with Crippen LogP contribution in [0.2, 0.25) is 0 Å². The van der Waals surface area contributed by atoms with Gasteiger partial charge in [-0.2, -0.15) is 0 Å². The van der Waals surface area contributed by atoms with Crippen molar-refractivity contribution in [3.63, 3.8) is 0 Å². The van der Waals surface area contributed by atoms with Gasteiger partial charge in [-0.15, -0.1) is 0 Å². The Bertz CT molecular complexity index is 2060. The fourth-order valence-corrected chi connectivity index (χ4v) is 6.43. The summed E-state index contributed by atoms with van der Waals surface area (Å²) in [5, 5.41) is 15.4. The van der Waals surface area contributed by atoms with Crippen molar-refractivity contribution in [1.29, 1.82) is 0 Å². The Labute approximate surface area is 260 Å². The summed E-state index contributed by atoms with van der Waals surface area (Å²) < 4.78 is 0.917. The first-order valence-electron chi connectivity index (χ1n) is 14.4. The van der Waals surface area contributed by atoms with Crippen molar-refractivity contribution in [3.8, 4) is 33.4 Å². The minimum Gasteiger partial charge on any atom is -0.376 e. The fraction of sp³-hybridized carbons (Fsp3) is 0.0244. The first-order valence-corrected chi connectivity index (χ1v) is 15.2. The minimum atomic E-state index is -1.40. The van der Waals surface area contributed by atoms with E-state index >= 15 is 0 Å². The number of hydrogen-bond donors (Lipinski definition) is 1. The van der Waals surface area contributed by atoms with E-state index in [1.165, 1.54) is 16.3 Å². The highest BCUT2D eigenvalue weighted by Gasteiger charge is 2.36. The number of aliphatic hydroxyl groups is 1. The number of rotatable bonds is 6. The molecule has 0 aliphatic heterocycles. The molecule has 0 saturated carbocycles. The van der Waals surface area contributed by atoms with Crippen LogP contribution < -0.4 is 0 Å². The van der Waals surface area contributed by atoms with Crippen molar-refractivity contribution in [2.24, 2.45) is 0 Å². The van der Waals surface area contributed by atoms with E-state index in [0.29, 0.717) is 0 Å². The van der Waals surface area contributed by atoms with Crippen molar-refractivity contribution < 1.29 is 5.11 Å². The summed E-state index contributed by atoms with van der Waals surface area (Å²) >= 11 is 3.65. The van der Waals surface area contributed by atoms with Gasteiger partial charge in [-0.3, -0.25) is 0 Å². The molecule has 1 unspecified atom stereocenters. The molecular weight excluding hydrogens is 588 g/mol. The lowest BCUT2D eigenvalue weighted by Crippen LogP contribution is -2.29. The second kappa shape index (κ2) is 11.5. The molecule has 1 N–H and O–H groups in total. The molecule has 0 radical (unpaired) electrons. The van der Waals surface area contributed by atoms with Crippen LogP contribution in [0.15, 0.2) is 174 Å². The highest BCUT2D eigenvalue weighted by Crippen LogP contribution is 2.43. The van der Waals surface area contributed by atoms with Crippen LogP contribution in [0.25, 0.3) is 44.2 Å². The topological polar surface area (TPSA) is 20.2 Å². The molecular formula is C41H29BrO. The molecule has 43 heavy (non-hydrogen) atoms. The van der Waals surface area contributed by atoms with E-state index < -0.39 is 5.60 Å². The minimum absolute atomic E-state index is 0.798. The van der Waals surface area contributed by atoms with Gasteiger partial charge in [0.1, 0.15) is 5.60 Å². The van der Waals surface area contributed by atoms with Crippen LogP contribution in [-0.4, -0.2) is 5.11 Å². The van der Waals surface area contributed by atoms with E-state index in [1.54, 1.807) is 0 Å². The first-order chi connectivity index (χ1) is 21.1. The number of benzene rings is 7. The molecule has 0 aliphatic rings. The quantitative estimate of drug-likeness (QED) is 0.184. The average molecular weight is 618 g/mol. The van der Waals surface area contributed by atoms with Gasteiger partial charge in [-0.1, -0.05) is 155 Å². The summed E-state index contributed by atoms with van der Waals surface area (Å²) in [5.41, 5.74) is 7.58. The third-order valence-electron chi connectivity index (χ3n) is 8.20. The number of hydrogen-bond acceptors (Lipinski definition) is 1. The monoisotopic (exact) mass is 616 g/mol. The summed E-state index contributed by atoms with van der Waals surface area (Å²) in [5.74, 6) is 0.